The summed E-state index contributed by atoms with van der Waals surface area (Å²) in [5.74, 6) is 0.286. The Morgan fingerprint density at radius 1 is 1.17 bits per heavy atom. The number of para-hydroxylation sites is 2. The van der Waals surface area contributed by atoms with Gasteiger partial charge in [-0.3, -0.25) is 0 Å². The third-order valence-corrected chi connectivity index (χ3v) is 3.22. The predicted molar refractivity (Wildman–Crippen MR) is 71.4 cm³/mol. The lowest BCUT2D eigenvalue weighted by Crippen LogP contribution is -1.97. The van der Waals surface area contributed by atoms with Crippen LogP contribution in [-0.2, 0) is 0 Å². The number of hydrogen-bond acceptors (Lipinski definition) is 5. The van der Waals surface area contributed by atoms with Gasteiger partial charge >= 0.3 is 0 Å². The van der Waals surface area contributed by atoms with E-state index >= 15 is 0 Å². The van der Waals surface area contributed by atoms with Crippen LogP contribution >= 0.6 is 11.8 Å². The van der Waals surface area contributed by atoms with Crippen molar-refractivity contribution in [2.24, 2.45) is 0 Å². The van der Waals surface area contributed by atoms with E-state index in [0.717, 1.165) is 26.9 Å². The molecule has 90 valence electrons. The number of benzene rings is 1. The first kappa shape index (κ1) is 11.0. The number of aryl methyl sites for hydroxylation is 1. The third kappa shape index (κ3) is 2.14. The van der Waals surface area contributed by atoms with Gasteiger partial charge in [0.25, 0.3) is 0 Å². The molecule has 0 radical (unpaired) electrons. The third-order valence-electron chi connectivity index (χ3n) is 2.42. The second-order valence-electron chi connectivity index (χ2n) is 3.87. The van der Waals surface area contributed by atoms with Crippen molar-refractivity contribution in [1.29, 1.82) is 0 Å². The number of aromatic nitrogens is 4. The molecule has 0 atom stereocenters. The summed E-state index contributed by atoms with van der Waals surface area (Å²) in [6.45, 7) is 1.89. The Balaban J connectivity index is 1.96. The molecular formula is C12H11N5S. The van der Waals surface area contributed by atoms with E-state index in [2.05, 4.69) is 19.9 Å². The minimum absolute atomic E-state index is 0.286. The van der Waals surface area contributed by atoms with E-state index in [-0.39, 0.29) is 5.95 Å². The van der Waals surface area contributed by atoms with Gasteiger partial charge in [-0.15, -0.1) is 0 Å². The Kier molecular flexibility index (Phi) is 2.64. The molecule has 0 saturated carbocycles. The molecule has 3 aromatic rings. The average molecular weight is 257 g/mol. The highest BCUT2D eigenvalue weighted by molar-refractivity contribution is 7.99. The summed E-state index contributed by atoms with van der Waals surface area (Å²) >= 11 is 1.44. The summed E-state index contributed by atoms with van der Waals surface area (Å²) in [4.78, 5) is 15.9. The Morgan fingerprint density at radius 3 is 2.78 bits per heavy atom. The van der Waals surface area contributed by atoms with Gasteiger partial charge in [0.1, 0.15) is 5.03 Å². The number of imidazole rings is 1. The van der Waals surface area contributed by atoms with Crippen molar-refractivity contribution in [3.05, 3.63) is 36.0 Å². The number of nitrogens with one attached hydrogen (secondary N) is 1. The van der Waals surface area contributed by atoms with E-state index in [1.807, 2.05) is 37.3 Å². The SMILES string of the molecule is Cc1cc(Sc2nc3ccccc3[nH]2)nc(N)n1. The van der Waals surface area contributed by atoms with Gasteiger partial charge in [-0.05, 0) is 36.9 Å². The lowest BCUT2D eigenvalue weighted by Gasteiger charge is -1.99. The zero-order valence-corrected chi connectivity index (χ0v) is 10.5. The molecule has 6 heteroatoms. The van der Waals surface area contributed by atoms with Crippen molar-refractivity contribution >= 4 is 28.7 Å². The van der Waals surface area contributed by atoms with Crippen LogP contribution in [0.25, 0.3) is 11.0 Å². The Hall–Kier alpha value is -2.08. The highest BCUT2D eigenvalue weighted by Gasteiger charge is 2.06. The van der Waals surface area contributed by atoms with Crippen molar-refractivity contribution in [1.82, 2.24) is 19.9 Å². The molecule has 0 amide bonds. The molecule has 0 unspecified atom stereocenters. The van der Waals surface area contributed by atoms with Gasteiger partial charge in [-0.1, -0.05) is 12.1 Å². The van der Waals surface area contributed by atoms with Gasteiger partial charge < -0.3 is 10.7 Å². The van der Waals surface area contributed by atoms with Crippen LogP contribution in [0.5, 0.6) is 0 Å². The average Bonchev–Trinajstić information content (AvgIpc) is 2.69. The highest BCUT2D eigenvalue weighted by atomic mass is 32.2. The van der Waals surface area contributed by atoms with Crippen molar-refractivity contribution < 1.29 is 0 Å². The number of anilines is 1. The smallest absolute Gasteiger partial charge is 0.221 e. The van der Waals surface area contributed by atoms with Crippen LogP contribution in [0.15, 0.2) is 40.5 Å². The summed E-state index contributed by atoms with van der Waals surface area (Å²) in [6.07, 6.45) is 0. The Morgan fingerprint density at radius 2 is 2.00 bits per heavy atom. The lowest BCUT2D eigenvalue weighted by atomic mass is 10.3. The fourth-order valence-electron chi connectivity index (χ4n) is 1.69. The summed E-state index contributed by atoms with van der Waals surface area (Å²) in [6, 6.07) is 9.78. The van der Waals surface area contributed by atoms with Gasteiger partial charge in [-0.2, -0.15) is 0 Å². The van der Waals surface area contributed by atoms with Gasteiger partial charge in [0, 0.05) is 5.69 Å². The summed E-state index contributed by atoms with van der Waals surface area (Å²) in [5.41, 5.74) is 8.43. The minimum Gasteiger partial charge on any atom is -0.368 e. The van der Waals surface area contributed by atoms with E-state index < -0.39 is 0 Å². The molecule has 0 aliphatic carbocycles. The number of H-pyrrole nitrogens is 1. The van der Waals surface area contributed by atoms with Crippen LogP contribution in [0.4, 0.5) is 5.95 Å². The molecule has 5 nitrogen and oxygen atoms in total. The van der Waals surface area contributed by atoms with Crippen molar-refractivity contribution in [2.45, 2.75) is 17.1 Å². The molecule has 0 aliphatic rings. The molecule has 3 rings (SSSR count). The highest BCUT2D eigenvalue weighted by Crippen LogP contribution is 2.26. The molecule has 0 aliphatic heterocycles. The maximum Gasteiger partial charge on any atom is 0.221 e. The number of rotatable bonds is 2. The van der Waals surface area contributed by atoms with E-state index in [1.165, 1.54) is 11.8 Å². The molecule has 3 N–H and O–H groups in total. The Bertz CT molecular complexity index is 653. The zero-order valence-electron chi connectivity index (χ0n) is 9.71. The first-order valence-corrected chi connectivity index (χ1v) is 6.26. The number of nitrogens with two attached hydrogens (primary N) is 1. The Labute approximate surface area is 108 Å². The molecule has 0 fully saturated rings. The van der Waals surface area contributed by atoms with Gasteiger partial charge in [-0.25, -0.2) is 15.0 Å². The standard InChI is InChI=1S/C12H11N5S/c1-7-6-10(17-11(13)14-7)18-12-15-8-4-2-3-5-9(8)16-12/h2-6H,1H3,(H,15,16)(H2,13,14,17). The normalized spacial score (nSPS) is 10.9. The van der Waals surface area contributed by atoms with Gasteiger partial charge in [0.05, 0.1) is 11.0 Å². The van der Waals surface area contributed by atoms with Crippen molar-refractivity contribution in [3.63, 3.8) is 0 Å². The molecule has 2 aromatic heterocycles. The maximum atomic E-state index is 5.62. The molecule has 2 heterocycles. The second kappa shape index (κ2) is 4.30. The van der Waals surface area contributed by atoms with E-state index in [4.69, 9.17) is 5.73 Å². The second-order valence-corrected chi connectivity index (χ2v) is 4.88. The van der Waals surface area contributed by atoms with E-state index in [1.54, 1.807) is 0 Å². The van der Waals surface area contributed by atoms with Gasteiger partial charge in [0.2, 0.25) is 5.95 Å². The van der Waals surface area contributed by atoms with Crippen LogP contribution in [0.1, 0.15) is 5.69 Å². The fourth-order valence-corrected chi connectivity index (χ4v) is 2.56. The summed E-state index contributed by atoms with van der Waals surface area (Å²) in [5, 5.41) is 1.59. The number of aromatic amines is 1. The van der Waals surface area contributed by atoms with Crippen molar-refractivity contribution in [2.75, 3.05) is 5.73 Å². The zero-order chi connectivity index (χ0) is 12.5. The summed E-state index contributed by atoms with van der Waals surface area (Å²) < 4.78 is 0. The van der Waals surface area contributed by atoms with Crippen LogP contribution in [0.3, 0.4) is 0 Å². The van der Waals surface area contributed by atoms with Crippen LogP contribution in [0.2, 0.25) is 0 Å². The minimum atomic E-state index is 0.286. The summed E-state index contributed by atoms with van der Waals surface area (Å²) in [7, 11) is 0. The van der Waals surface area contributed by atoms with Crippen molar-refractivity contribution in [3.8, 4) is 0 Å². The first-order valence-electron chi connectivity index (χ1n) is 5.44. The van der Waals surface area contributed by atoms with Crippen LogP contribution < -0.4 is 5.73 Å². The number of nitrogens with zero attached hydrogens (tertiary/aromatic N) is 3. The van der Waals surface area contributed by atoms with Crippen LogP contribution in [-0.4, -0.2) is 19.9 Å². The molecular weight excluding hydrogens is 246 g/mol. The number of nitrogen functional groups attached to an aromatic ring is 1. The lowest BCUT2D eigenvalue weighted by molar-refractivity contribution is 1.01. The van der Waals surface area contributed by atoms with Crippen LogP contribution in [0, 0.1) is 6.92 Å². The topological polar surface area (TPSA) is 80.5 Å². The number of hydrogen-bond donors (Lipinski definition) is 2. The number of fused-ring (bicyclic) bond motifs is 1. The molecule has 18 heavy (non-hydrogen) atoms. The van der Waals surface area contributed by atoms with Gasteiger partial charge in [0.15, 0.2) is 5.16 Å². The molecule has 0 saturated heterocycles. The predicted octanol–water partition coefficient (Wildman–Crippen LogP) is 2.39. The fraction of sp³-hybridized carbons (Fsp3) is 0.0833. The molecule has 0 spiro atoms. The van der Waals surface area contributed by atoms with E-state index in [9.17, 15) is 0 Å². The monoisotopic (exact) mass is 257 g/mol. The first-order chi connectivity index (χ1) is 8.70. The quantitative estimate of drug-likeness (QED) is 0.689. The van der Waals surface area contributed by atoms with E-state index in [0.29, 0.717) is 0 Å². The molecule has 1 aromatic carbocycles. The maximum absolute atomic E-state index is 5.62. The largest absolute Gasteiger partial charge is 0.368 e. The molecule has 0 bridgehead atoms.